The molecule has 1 saturated carbocycles. The summed E-state index contributed by atoms with van der Waals surface area (Å²) in [5, 5.41) is 0. The number of hydrogen-bond acceptors (Lipinski definition) is 3. The molecule has 0 aromatic heterocycles. The topological polar surface area (TPSA) is 46.6 Å². The summed E-state index contributed by atoms with van der Waals surface area (Å²) in [4.78, 5) is 0.328. The molecular formula is C15H22ClNO3S. The minimum absolute atomic E-state index is 0.146. The zero-order chi connectivity index (χ0) is 15.3. The Balaban J connectivity index is 2.17. The lowest BCUT2D eigenvalue weighted by molar-refractivity contribution is 0.334. The maximum Gasteiger partial charge on any atom is 0.243 e. The molecule has 0 atom stereocenters. The molecular weight excluding hydrogens is 310 g/mol. The molecule has 1 aromatic carbocycles. The first-order chi connectivity index (χ1) is 10.1. The van der Waals surface area contributed by atoms with E-state index in [9.17, 15) is 8.42 Å². The normalized spacial score (nSPS) is 16.5. The first kappa shape index (κ1) is 16.6. The Morgan fingerprint density at radius 1 is 1.24 bits per heavy atom. The van der Waals surface area contributed by atoms with Gasteiger partial charge in [0, 0.05) is 12.6 Å². The molecule has 0 heterocycles. The quantitative estimate of drug-likeness (QED) is 0.720. The summed E-state index contributed by atoms with van der Waals surface area (Å²) in [5.74, 6) is 1.05. The van der Waals surface area contributed by atoms with E-state index in [-0.39, 0.29) is 6.04 Å². The minimum atomic E-state index is -3.42. The third-order valence-corrected chi connectivity index (χ3v) is 6.02. The minimum Gasteiger partial charge on any atom is -0.492 e. The van der Waals surface area contributed by atoms with E-state index in [1.165, 1.54) is 0 Å². The molecule has 1 aliphatic rings. The van der Waals surface area contributed by atoms with Crippen molar-refractivity contribution in [3.8, 4) is 5.75 Å². The Labute approximate surface area is 132 Å². The molecule has 0 spiro atoms. The highest BCUT2D eigenvalue weighted by Crippen LogP contribution is 2.29. The molecule has 0 saturated heterocycles. The van der Waals surface area contributed by atoms with Gasteiger partial charge in [-0.15, -0.1) is 11.6 Å². The Bertz CT molecular complexity index is 539. The maximum atomic E-state index is 12.7. The van der Waals surface area contributed by atoms with Crippen molar-refractivity contribution in [2.75, 3.05) is 19.0 Å². The molecule has 4 nitrogen and oxygen atoms in total. The van der Waals surface area contributed by atoms with Gasteiger partial charge in [-0.2, -0.15) is 4.31 Å². The fraction of sp³-hybridized carbons (Fsp3) is 0.600. The van der Waals surface area contributed by atoms with Gasteiger partial charge in [-0.05, 0) is 37.1 Å². The number of hydrogen-bond donors (Lipinski definition) is 0. The molecule has 2 rings (SSSR count). The summed E-state index contributed by atoms with van der Waals surface area (Å²) in [5.41, 5.74) is 0. The zero-order valence-corrected chi connectivity index (χ0v) is 13.9. The summed E-state index contributed by atoms with van der Waals surface area (Å²) in [6.45, 7) is 2.82. The van der Waals surface area contributed by atoms with Crippen LogP contribution in [-0.4, -0.2) is 37.8 Å². The summed E-state index contributed by atoms with van der Waals surface area (Å²) in [6, 6.07) is 6.73. The van der Waals surface area contributed by atoms with Crippen molar-refractivity contribution in [2.45, 2.75) is 43.5 Å². The SMILES string of the molecule is CCN(C1CCCC1)S(=O)(=O)c1ccc(OCCCl)cc1. The smallest absolute Gasteiger partial charge is 0.243 e. The lowest BCUT2D eigenvalue weighted by atomic mass is 10.2. The Morgan fingerprint density at radius 2 is 1.86 bits per heavy atom. The van der Waals surface area contributed by atoms with E-state index in [0.717, 1.165) is 25.7 Å². The number of benzene rings is 1. The number of ether oxygens (including phenoxy) is 1. The summed E-state index contributed by atoms with van der Waals surface area (Å²) in [6.07, 6.45) is 4.15. The largest absolute Gasteiger partial charge is 0.492 e. The Morgan fingerprint density at radius 3 is 2.38 bits per heavy atom. The molecule has 1 aromatic rings. The van der Waals surface area contributed by atoms with Crippen molar-refractivity contribution < 1.29 is 13.2 Å². The van der Waals surface area contributed by atoms with Crippen molar-refractivity contribution in [1.82, 2.24) is 4.31 Å². The van der Waals surface area contributed by atoms with Crippen LogP contribution in [0.15, 0.2) is 29.2 Å². The van der Waals surface area contributed by atoms with E-state index in [0.29, 0.717) is 29.7 Å². The van der Waals surface area contributed by atoms with Gasteiger partial charge in [-0.25, -0.2) is 8.42 Å². The van der Waals surface area contributed by atoms with E-state index in [1.54, 1.807) is 28.6 Å². The van der Waals surface area contributed by atoms with Gasteiger partial charge in [0.1, 0.15) is 12.4 Å². The fourth-order valence-corrected chi connectivity index (χ4v) is 4.59. The zero-order valence-electron chi connectivity index (χ0n) is 12.3. The highest BCUT2D eigenvalue weighted by molar-refractivity contribution is 7.89. The van der Waals surface area contributed by atoms with Gasteiger partial charge in [0.15, 0.2) is 0 Å². The lowest BCUT2D eigenvalue weighted by Gasteiger charge is -2.26. The van der Waals surface area contributed by atoms with E-state index in [4.69, 9.17) is 16.3 Å². The monoisotopic (exact) mass is 331 g/mol. The van der Waals surface area contributed by atoms with Gasteiger partial charge in [0.05, 0.1) is 10.8 Å². The molecule has 118 valence electrons. The van der Waals surface area contributed by atoms with E-state index < -0.39 is 10.0 Å². The van der Waals surface area contributed by atoms with Gasteiger partial charge in [0.25, 0.3) is 0 Å². The highest BCUT2D eigenvalue weighted by atomic mass is 35.5. The van der Waals surface area contributed by atoms with Crippen molar-refractivity contribution in [2.24, 2.45) is 0 Å². The van der Waals surface area contributed by atoms with Crippen molar-refractivity contribution >= 4 is 21.6 Å². The van der Waals surface area contributed by atoms with Crippen LogP contribution in [0.5, 0.6) is 5.75 Å². The van der Waals surface area contributed by atoms with Crippen LogP contribution in [0.4, 0.5) is 0 Å². The van der Waals surface area contributed by atoms with Crippen LogP contribution in [0.25, 0.3) is 0 Å². The number of halogens is 1. The molecule has 1 aliphatic carbocycles. The second-order valence-electron chi connectivity index (χ2n) is 5.16. The third kappa shape index (κ3) is 3.90. The summed E-state index contributed by atoms with van der Waals surface area (Å²) in [7, 11) is -3.42. The average molecular weight is 332 g/mol. The van der Waals surface area contributed by atoms with Gasteiger partial charge >= 0.3 is 0 Å². The van der Waals surface area contributed by atoms with E-state index in [1.807, 2.05) is 6.92 Å². The second kappa shape index (κ2) is 7.47. The number of alkyl halides is 1. The Hall–Kier alpha value is -0.780. The van der Waals surface area contributed by atoms with E-state index in [2.05, 4.69) is 0 Å². The van der Waals surface area contributed by atoms with Crippen LogP contribution in [-0.2, 0) is 10.0 Å². The molecule has 21 heavy (non-hydrogen) atoms. The van der Waals surface area contributed by atoms with Gasteiger partial charge in [0.2, 0.25) is 10.0 Å². The third-order valence-electron chi connectivity index (χ3n) is 3.82. The molecule has 0 N–H and O–H groups in total. The van der Waals surface area contributed by atoms with Crippen molar-refractivity contribution in [1.29, 1.82) is 0 Å². The fourth-order valence-electron chi connectivity index (χ4n) is 2.82. The standard InChI is InChI=1S/C15H22ClNO3S/c1-2-17(13-5-3-4-6-13)21(18,19)15-9-7-14(8-10-15)20-12-11-16/h7-10,13H,2-6,11-12H2,1H3. The van der Waals surface area contributed by atoms with Crippen LogP contribution < -0.4 is 4.74 Å². The van der Waals surface area contributed by atoms with E-state index >= 15 is 0 Å². The highest BCUT2D eigenvalue weighted by Gasteiger charge is 2.31. The van der Waals surface area contributed by atoms with Crippen molar-refractivity contribution in [3.63, 3.8) is 0 Å². The number of rotatable bonds is 7. The summed E-state index contributed by atoms with van der Waals surface area (Å²) < 4.78 is 32.5. The first-order valence-corrected chi connectivity index (χ1v) is 9.37. The van der Waals surface area contributed by atoms with Gasteiger partial charge in [-0.3, -0.25) is 0 Å². The van der Waals surface area contributed by atoms with Gasteiger partial charge < -0.3 is 4.74 Å². The van der Waals surface area contributed by atoms with Crippen LogP contribution in [0.3, 0.4) is 0 Å². The maximum absolute atomic E-state index is 12.7. The van der Waals surface area contributed by atoms with Crippen LogP contribution in [0, 0.1) is 0 Å². The second-order valence-corrected chi connectivity index (χ2v) is 7.42. The first-order valence-electron chi connectivity index (χ1n) is 7.40. The molecule has 0 amide bonds. The Kier molecular flexibility index (Phi) is 5.90. The predicted octanol–water partition coefficient (Wildman–Crippen LogP) is 3.26. The molecule has 6 heteroatoms. The number of sulfonamides is 1. The summed E-state index contributed by atoms with van der Waals surface area (Å²) >= 11 is 5.56. The molecule has 0 unspecified atom stereocenters. The van der Waals surface area contributed by atoms with Crippen LogP contribution in [0.2, 0.25) is 0 Å². The predicted molar refractivity (Wildman–Crippen MR) is 84.5 cm³/mol. The van der Waals surface area contributed by atoms with Crippen LogP contribution >= 0.6 is 11.6 Å². The molecule has 0 bridgehead atoms. The lowest BCUT2D eigenvalue weighted by Crippen LogP contribution is -2.38. The average Bonchev–Trinajstić information content (AvgIpc) is 3.00. The molecule has 0 radical (unpaired) electrons. The molecule has 0 aliphatic heterocycles. The van der Waals surface area contributed by atoms with Crippen LogP contribution in [0.1, 0.15) is 32.6 Å². The molecule has 1 fully saturated rings. The van der Waals surface area contributed by atoms with Gasteiger partial charge in [-0.1, -0.05) is 19.8 Å². The van der Waals surface area contributed by atoms with Crippen molar-refractivity contribution in [3.05, 3.63) is 24.3 Å². The number of nitrogens with zero attached hydrogens (tertiary/aromatic N) is 1.